The van der Waals surface area contributed by atoms with Crippen LogP contribution >= 0.6 is 0 Å². The topological polar surface area (TPSA) is 37.4 Å². The van der Waals surface area contributed by atoms with E-state index in [4.69, 9.17) is 4.74 Å². The van der Waals surface area contributed by atoms with E-state index in [9.17, 15) is 0 Å². The van der Waals surface area contributed by atoms with Crippen LogP contribution in [0.15, 0.2) is 30.5 Å². The van der Waals surface area contributed by atoms with Crippen molar-refractivity contribution in [1.29, 1.82) is 0 Å². The van der Waals surface area contributed by atoms with Gasteiger partial charge in [0.2, 0.25) is 0 Å². The normalized spacial score (nSPS) is 19.0. The zero-order valence-electron chi connectivity index (χ0n) is 12.8. The Morgan fingerprint density at radius 3 is 3.10 bits per heavy atom. The number of hydrogen-bond acceptors (Lipinski definition) is 4. The number of nitrogens with zero attached hydrogens (tertiary/aromatic N) is 2. The highest BCUT2D eigenvalue weighted by atomic mass is 16.5. The first-order valence-corrected chi connectivity index (χ1v) is 7.64. The van der Waals surface area contributed by atoms with E-state index in [0.29, 0.717) is 5.92 Å². The highest BCUT2D eigenvalue weighted by Crippen LogP contribution is 2.30. The lowest BCUT2D eigenvalue weighted by molar-refractivity contribution is 0.401. The zero-order chi connectivity index (χ0) is 14.7. The Morgan fingerprint density at radius 1 is 1.38 bits per heavy atom. The molecule has 0 saturated carbocycles. The number of nitrogens with one attached hydrogen (secondary N) is 1. The maximum absolute atomic E-state index is 5.37. The number of piperidine rings is 1. The van der Waals surface area contributed by atoms with Crippen molar-refractivity contribution in [3.8, 4) is 5.75 Å². The summed E-state index contributed by atoms with van der Waals surface area (Å²) in [4.78, 5) is 7.07. The van der Waals surface area contributed by atoms with Crippen LogP contribution < -0.4 is 15.0 Å². The molecule has 1 fully saturated rings. The highest BCUT2D eigenvalue weighted by molar-refractivity contribution is 5.93. The molecule has 1 saturated heterocycles. The molecular formula is C17H23N3O. The fourth-order valence-corrected chi connectivity index (χ4v) is 3.22. The Bertz CT molecular complexity index is 612. The van der Waals surface area contributed by atoms with Crippen LogP contribution in [0.4, 0.5) is 5.82 Å². The maximum Gasteiger partial charge on any atom is 0.136 e. The van der Waals surface area contributed by atoms with E-state index in [1.807, 2.05) is 19.3 Å². The van der Waals surface area contributed by atoms with Gasteiger partial charge in [0, 0.05) is 24.7 Å². The molecule has 1 N–H and O–H groups in total. The summed E-state index contributed by atoms with van der Waals surface area (Å²) >= 11 is 0. The van der Waals surface area contributed by atoms with E-state index in [1.54, 1.807) is 7.11 Å². The zero-order valence-corrected chi connectivity index (χ0v) is 12.8. The minimum Gasteiger partial charge on any atom is -0.497 e. The molecule has 1 aromatic heterocycles. The second-order valence-electron chi connectivity index (χ2n) is 5.73. The number of fused-ring (bicyclic) bond motifs is 1. The third kappa shape index (κ3) is 2.95. The summed E-state index contributed by atoms with van der Waals surface area (Å²) in [7, 11) is 3.74. The number of hydrogen-bond donors (Lipinski definition) is 1. The Morgan fingerprint density at radius 2 is 2.29 bits per heavy atom. The summed E-state index contributed by atoms with van der Waals surface area (Å²) in [5, 5.41) is 5.70. The lowest BCUT2D eigenvalue weighted by Gasteiger charge is -2.34. The quantitative estimate of drug-likeness (QED) is 0.937. The summed E-state index contributed by atoms with van der Waals surface area (Å²) < 4.78 is 5.37. The first kappa shape index (κ1) is 14.1. The molecule has 0 amide bonds. The van der Waals surface area contributed by atoms with Gasteiger partial charge in [-0.2, -0.15) is 0 Å². The van der Waals surface area contributed by atoms with E-state index < -0.39 is 0 Å². The molecular weight excluding hydrogens is 262 g/mol. The number of pyridine rings is 1. The smallest absolute Gasteiger partial charge is 0.136 e. The van der Waals surface area contributed by atoms with Gasteiger partial charge in [-0.15, -0.1) is 0 Å². The molecule has 1 atom stereocenters. The second kappa shape index (κ2) is 6.31. The average molecular weight is 285 g/mol. The molecule has 2 aromatic rings. The fraction of sp³-hybridized carbons (Fsp3) is 0.471. The lowest BCUT2D eigenvalue weighted by atomic mass is 9.97. The van der Waals surface area contributed by atoms with Crippen molar-refractivity contribution in [1.82, 2.24) is 10.3 Å². The van der Waals surface area contributed by atoms with Gasteiger partial charge in [-0.05, 0) is 55.9 Å². The Hall–Kier alpha value is -1.81. The summed E-state index contributed by atoms with van der Waals surface area (Å²) in [6.45, 7) is 3.23. The van der Waals surface area contributed by atoms with Gasteiger partial charge in [-0.3, -0.25) is 0 Å². The number of ether oxygens (including phenoxy) is 1. The third-order valence-corrected chi connectivity index (χ3v) is 4.26. The van der Waals surface area contributed by atoms with Crippen molar-refractivity contribution in [3.05, 3.63) is 30.5 Å². The van der Waals surface area contributed by atoms with Gasteiger partial charge in [0.05, 0.1) is 7.11 Å². The largest absolute Gasteiger partial charge is 0.497 e. The molecule has 0 bridgehead atoms. The van der Waals surface area contributed by atoms with Crippen LogP contribution in [0.5, 0.6) is 5.75 Å². The number of benzene rings is 1. The minimum absolute atomic E-state index is 0.700. The first-order valence-electron chi connectivity index (χ1n) is 7.64. The monoisotopic (exact) mass is 285 g/mol. The van der Waals surface area contributed by atoms with Crippen molar-refractivity contribution in [3.63, 3.8) is 0 Å². The van der Waals surface area contributed by atoms with Crippen molar-refractivity contribution < 1.29 is 4.74 Å². The minimum atomic E-state index is 0.700. The van der Waals surface area contributed by atoms with Crippen LogP contribution in [0.3, 0.4) is 0 Å². The SMILES string of the molecule is CNCC1CCCN(c2nccc3ccc(OC)cc23)C1. The number of anilines is 1. The Balaban J connectivity index is 1.95. The van der Waals surface area contributed by atoms with Crippen molar-refractivity contribution in [2.24, 2.45) is 5.92 Å². The van der Waals surface area contributed by atoms with Crippen LogP contribution in [0, 0.1) is 5.92 Å². The summed E-state index contributed by atoms with van der Waals surface area (Å²) in [5.74, 6) is 2.68. The Labute approximate surface area is 126 Å². The molecule has 0 aliphatic carbocycles. The number of aromatic nitrogens is 1. The van der Waals surface area contributed by atoms with Crippen molar-refractivity contribution >= 4 is 16.6 Å². The van der Waals surface area contributed by atoms with Gasteiger partial charge < -0.3 is 15.0 Å². The molecule has 0 spiro atoms. The van der Waals surface area contributed by atoms with Crippen LogP contribution in [0.1, 0.15) is 12.8 Å². The van der Waals surface area contributed by atoms with Gasteiger partial charge in [0.15, 0.2) is 0 Å². The van der Waals surface area contributed by atoms with Crippen LogP contribution in [-0.2, 0) is 0 Å². The molecule has 1 aromatic carbocycles. The van der Waals surface area contributed by atoms with Crippen molar-refractivity contribution in [2.75, 3.05) is 38.7 Å². The number of methoxy groups -OCH3 is 1. The molecule has 4 nitrogen and oxygen atoms in total. The molecule has 112 valence electrons. The van der Waals surface area contributed by atoms with E-state index in [-0.39, 0.29) is 0 Å². The van der Waals surface area contributed by atoms with Gasteiger partial charge in [-0.25, -0.2) is 4.98 Å². The predicted molar refractivity (Wildman–Crippen MR) is 87.2 cm³/mol. The Kier molecular flexibility index (Phi) is 4.25. The molecule has 2 heterocycles. The molecule has 4 heteroatoms. The number of rotatable bonds is 4. The van der Waals surface area contributed by atoms with Crippen molar-refractivity contribution in [2.45, 2.75) is 12.8 Å². The predicted octanol–water partition coefficient (Wildman–Crippen LogP) is 2.68. The first-order chi connectivity index (χ1) is 10.3. The second-order valence-corrected chi connectivity index (χ2v) is 5.73. The summed E-state index contributed by atoms with van der Waals surface area (Å²) in [6, 6.07) is 8.27. The summed E-state index contributed by atoms with van der Waals surface area (Å²) in [5.41, 5.74) is 0. The lowest BCUT2D eigenvalue weighted by Crippen LogP contribution is -2.39. The average Bonchev–Trinajstić information content (AvgIpc) is 2.54. The van der Waals surface area contributed by atoms with E-state index in [2.05, 4.69) is 33.4 Å². The van der Waals surface area contributed by atoms with E-state index in [0.717, 1.165) is 31.2 Å². The fourth-order valence-electron chi connectivity index (χ4n) is 3.22. The molecule has 1 unspecified atom stereocenters. The molecule has 21 heavy (non-hydrogen) atoms. The van der Waals surface area contributed by atoms with Crippen LogP contribution in [0.2, 0.25) is 0 Å². The van der Waals surface area contributed by atoms with Crippen LogP contribution in [-0.4, -0.2) is 38.8 Å². The molecule has 1 aliphatic rings. The van der Waals surface area contributed by atoms with Gasteiger partial charge in [0.25, 0.3) is 0 Å². The van der Waals surface area contributed by atoms with Gasteiger partial charge in [0.1, 0.15) is 11.6 Å². The maximum atomic E-state index is 5.37. The van der Waals surface area contributed by atoms with Gasteiger partial charge in [-0.1, -0.05) is 6.07 Å². The molecule has 1 aliphatic heterocycles. The molecule has 0 radical (unpaired) electrons. The molecule has 3 rings (SSSR count). The van der Waals surface area contributed by atoms with Crippen LogP contribution in [0.25, 0.3) is 10.8 Å². The van der Waals surface area contributed by atoms with Gasteiger partial charge >= 0.3 is 0 Å². The third-order valence-electron chi connectivity index (χ3n) is 4.26. The summed E-state index contributed by atoms with van der Waals surface area (Å²) in [6.07, 6.45) is 4.44. The van der Waals surface area contributed by atoms with E-state index >= 15 is 0 Å². The van der Waals surface area contributed by atoms with E-state index in [1.165, 1.54) is 23.6 Å². The standard InChI is InChI=1S/C17H23N3O/c1-18-11-13-4-3-9-20(12-13)17-16-10-15(21-2)6-5-14(16)7-8-19-17/h5-8,10,13,18H,3-4,9,11-12H2,1-2H3. The highest BCUT2D eigenvalue weighted by Gasteiger charge is 2.21.